The van der Waals surface area contributed by atoms with E-state index in [1.54, 1.807) is 18.2 Å². The molecule has 4 nitrogen and oxygen atoms in total. The number of benzene rings is 1. The number of hydrogen-bond acceptors (Lipinski definition) is 4. The van der Waals surface area contributed by atoms with Crippen molar-refractivity contribution in [1.29, 1.82) is 0 Å². The first-order chi connectivity index (χ1) is 8.04. The minimum absolute atomic E-state index is 0.0250. The third kappa shape index (κ3) is 2.26. The Balaban J connectivity index is 2.31. The largest absolute Gasteiger partial charge is 0.486 e. The zero-order valence-corrected chi connectivity index (χ0v) is 10.2. The van der Waals surface area contributed by atoms with Crippen molar-refractivity contribution >= 4 is 5.78 Å². The fourth-order valence-electron chi connectivity index (χ4n) is 1.67. The number of ether oxygens (including phenoxy) is 2. The van der Waals surface area contributed by atoms with Gasteiger partial charge in [-0.1, -0.05) is 13.8 Å². The number of nitrogens with two attached hydrogens (primary N) is 1. The van der Waals surface area contributed by atoms with Gasteiger partial charge in [-0.15, -0.1) is 0 Å². The highest BCUT2D eigenvalue weighted by Gasteiger charge is 2.28. The van der Waals surface area contributed by atoms with Crippen molar-refractivity contribution in [3.05, 3.63) is 23.8 Å². The molecule has 0 bridgehead atoms. The first-order valence-corrected chi connectivity index (χ1v) is 5.69. The number of carbonyl (C=O) groups is 1. The molecule has 0 atom stereocenters. The lowest BCUT2D eigenvalue weighted by Crippen LogP contribution is -2.32. The number of ketones is 1. The monoisotopic (exact) mass is 235 g/mol. The van der Waals surface area contributed by atoms with Gasteiger partial charge in [0.1, 0.15) is 13.2 Å². The quantitative estimate of drug-likeness (QED) is 0.809. The lowest BCUT2D eigenvalue weighted by molar-refractivity contribution is 0.0846. The van der Waals surface area contributed by atoms with Crippen LogP contribution in [-0.2, 0) is 0 Å². The molecule has 2 rings (SSSR count). The molecule has 0 saturated carbocycles. The second-order valence-corrected chi connectivity index (χ2v) is 4.78. The van der Waals surface area contributed by atoms with Gasteiger partial charge in [0.2, 0.25) is 0 Å². The Morgan fingerprint density at radius 2 is 1.94 bits per heavy atom. The predicted molar refractivity (Wildman–Crippen MR) is 64.6 cm³/mol. The van der Waals surface area contributed by atoms with Crippen molar-refractivity contribution in [1.82, 2.24) is 0 Å². The van der Waals surface area contributed by atoms with Crippen LogP contribution in [0.3, 0.4) is 0 Å². The minimum atomic E-state index is -0.552. The molecule has 0 amide bonds. The van der Waals surface area contributed by atoms with Crippen molar-refractivity contribution in [2.45, 2.75) is 13.8 Å². The van der Waals surface area contributed by atoms with E-state index in [2.05, 4.69) is 0 Å². The van der Waals surface area contributed by atoms with E-state index in [1.165, 1.54) is 0 Å². The molecule has 17 heavy (non-hydrogen) atoms. The summed E-state index contributed by atoms with van der Waals surface area (Å²) in [6, 6.07) is 5.26. The normalized spacial score (nSPS) is 14.5. The lowest BCUT2D eigenvalue weighted by Gasteiger charge is -2.23. The van der Waals surface area contributed by atoms with E-state index in [4.69, 9.17) is 15.2 Å². The van der Waals surface area contributed by atoms with Crippen LogP contribution in [0.1, 0.15) is 24.2 Å². The van der Waals surface area contributed by atoms with Crippen molar-refractivity contribution in [2.24, 2.45) is 11.1 Å². The van der Waals surface area contributed by atoms with Gasteiger partial charge in [-0.3, -0.25) is 4.79 Å². The molecule has 1 heterocycles. The molecule has 0 unspecified atom stereocenters. The maximum atomic E-state index is 12.2. The fourth-order valence-corrected chi connectivity index (χ4v) is 1.67. The summed E-state index contributed by atoms with van der Waals surface area (Å²) in [4.78, 5) is 12.2. The molecule has 0 radical (unpaired) electrons. The number of hydrogen-bond donors (Lipinski definition) is 1. The Labute approximate surface area is 101 Å². The van der Waals surface area contributed by atoms with E-state index in [0.29, 0.717) is 36.8 Å². The van der Waals surface area contributed by atoms with Gasteiger partial charge in [0.25, 0.3) is 0 Å². The molecule has 1 aliphatic rings. The number of fused-ring (bicyclic) bond motifs is 1. The van der Waals surface area contributed by atoms with Gasteiger partial charge < -0.3 is 15.2 Å². The maximum absolute atomic E-state index is 12.2. The van der Waals surface area contributed by atoms with Gasteiger partial charge in [0.05, 0.1) is 0 Å². The van der Waals surface area contributed by atoms with Gasteiger partial charge in [-0.05, 0) is 18.2 Å². The Morgan fingerprint density at radius 3 is 2.59 bits per heavy atom. The molecule has 92 valence electrons. The molecule has 4 heteroatoms. The molecule has 1 aromatic rings. The maximum Gasteiger partial charge on any atom is 0.169 e. The topological polar surface area (TPSA) is 61.6 Å². The summed E-state index contributed by atoms with van der Waals surface area (Å²) in [6.45, 7) is 5.07. The molecule has 0 spiro atoms. The predicted octanol–water partition coefficient (Wildman–Crippen LogP) is 1.63. The van der Waals surface area contributed by atoms with Crippen LogP contribution in [0.5, 0.6) is 11.5 Å². The molecular weight excluding hydrogens is 218 g/mol. The minimum Gasteiger partial charge on any atom is -0.486 e. The second-order valence-electron chi connectivity index (χ2n) is 4.78. The van der Waals surface area contributed by atoms with Crippen LogP contribution >= 0.6 is 0 Å². The Morgan fingerprint density at radius 1 is 1.29 bits per heavy atom. The van der Waals surface area contributed by atoms with Crippen LogP contribution in [0.2, 0.25) is 0 Å². The van der Waals surface area contributed by atoms with E-state index >= 15 is 0 Å². The second kappa shape index (κ2) is 4.37. The standard InChI is InChI=1S/C13H17NO3/c1-13(2,8-14)12(15)9-3-4-10-11(7-9)17-6-5-16-10/h3-4,7H,5-6,8,14H2,1-2H3. The average molecular weight is 235 g/mol. The van der Waals surface area contributed by atoms with Crippen molar-refractivity contribution in [3.8, 4) is 11.5 Å². The molecule has 0 aliphatic carbocycles. The summed E-state index contributed by atoms with van der Waals surface area (Å²) in [6.07, 6.45) is 0. The van der Waals surface area contributed by atoms with Crippen molar-refractivity contribution in [3.63, 3.8) is 0 Å². The average Bonchev–Trinajstić information content (AvgIpc) is 2.37. The van der Waals surface area contributed by atoms with Crippen LogP contribution in [0.15, 0.2) is 18.2 Å². The van der Waals surface area contributed by atoms with E-state index in [-0.39, 0.29) is 5.78 Å². The van der Waals surface area contributed by atoms with E-state index < -0.39 is 5.41 Å². The fraction of sp³-hybridized carbons (Fsp3) is 0.462. The van der Waals surface area contributed by atoms with Crippen LogP contribution in [0, 0.1) is 5.41 Å². The Hall–Kier alpha value is -1.55. The van der Waals surface area contributed by atoms with Gasteiger partial charge >= 0.3 is 0 Å². The summed E-state index contributed by atoms with van der Waals surface area (Å²) in [5, 5.41) is 0. The number of carbonyl (C=O) groups excluding carboxylic acids is 1. The summed E-state index contributed by atoms with van der Waals surface area (Å²) < 4.78 is 10.9. The summed E-state index contributed by atoms with van der Waals surface area (Å²) in [5.41, 5.74) is 5.67. The van der Waals surface area contributed by atoms with Crippen molar-refractivity contribution in [2.75, 3.05) is 19.8 Å². The van der Waals surface area contributed by atoms with Crippen LogP contribution in [0.25, 0.3) is 0 Å². The molecule has 1 aromatic carbocycles. The van der Waals surface area contributed by atoms with Crippen molar-refractivity contribution < 1.29 is 14.3 Å². The number of Topliss-reactive ketones (excluding diaryl/α,β-unsaturated/α-hetero) is 1. The Kier molecular flexibility index (Phi) is 3.07. The van der Waals surface area contributed by atoms with E-state index in [9.17, 15) is 4.79 Å². The lowest BCUT2D eigenvalue weighted by atomic mass is 9.84. The van der Waals surface area contributed by atoms with Crippen LogP contribution < -0.4 is 15.2 Å². The Bertz CT molecular complexity index is 440. The molecule has 2 N–H and O–H groups in total. The van der Waals surface area contributed by atoms with E-state index in [1.807, 2.05) is 13.8 Å². The third-order valence-electron chi connectivity index (χ3n) is 2.93. The molecule has 0 saturated heterocycles. The van der Waals surface area contributed by atoms with Gasteiger partial charge in [0.15, 0.2) is 17.3 Å². The van der Waals surface area contributed by atoms with Gasteiger partial charge in [-0.25, -0.2) is 0 Å². The first kappa shape index (κ1) is 11.9. The zero-order chi connectivity index (χ0) is 12.5. The molecule has 1 aliphatic heterocycles. The highest BCUT2D eigenvalue weighted by Crippen LogP contribution is 2.32. The highest BCUT2D eigenvalue weighted by atomic mass is 16.6. The van der Waals surface area contributed by atoms with Crippen LogP contribution in [-0.4, -0.2) is 25.5 Å². The summed E-state index contributed by atoms with van der Waals surface area (Å²) in [7, 11) is 0. The first-order valence-electron chi connectivity index (χ1n) is 5.69. The molecular formula is C13H17NO3. The highest BCUT2D eigenvalue weighted by molar-refractivity contribution is 6.00. The summed E-state index contributed by atoms with van der Waals surface area (Å²) in [5.74, 6) is 1.35. The smallest absolute Gasteiger partial charge is 0.169 e. The van der Waals surface area contributed by atoms with Crippen LogP contribution in [0.4, 0.5) is 0 Å². The number of rotatable bonds is 3. The van der Waals surface area contributed by atoms with Gasteiger partial charge in [0, 0.05) is 17.5 Å². The molecule has 0 fully saturated rings. The SMILES string of the molecule is CC(C)(CN)C(=O)c1ccc2c(c1)OCCO2. The van der Waals surface area contributed by atoms with E-state index in [0.717, 1.165) is 0 Å². The third-order valence-corrected chi connectivity index (χ3v) is 2.93. The zero-order valence-electron chi connectivity index (χ0n) is 10.2. The summed E-state index contributed by atoms with van der Waals surface area (Å²) >= 11 is 0. The van der Waals surface area contributed by atoms with Gasteiger partial charge in [-0.2, -0.15) is 0 Å². The molecule has 0 aromatic heterocycles.